The zero-order valence-corrected chi connectivity index (χ0v) is 19.2. The second kappa shape index (κ2) is 9.58. The molecule has 2 aromatic rings. The highest BCUT2D eigenvalue weighted by molar-refractivity contribution is 7.89. The number of nitrogens with zero attached hydrogens (tertiary/aromatic N) is 1. The predicted octanol–water partition coefficient (Wildman–Crippen LogP) is 2.51. The lowest BCUT2D eigenvalue weighted by Gasteiger charge is -2.36. The van der Waals surface area contributed by atoms with Gasteiger partial charge in [-0.15, -0.1) is 0 Å². The van der Waals surface area contributed by atoms with Crippen molar-refractivity contribution in [3.63, 3.8) is 0 Å². The number of esters is 1. The summed E-state index contributed by atoms with van der Waals surface area (Å²) in [5, 5.41) is 2.61. The van der Waals surface area contributed by atoms with Gasteiger partial charge in [0.25, 0.3) is 0 Å². The molecule has 0 radical (unpaired) electrons. The zero-order valence-electron chi connectivity index (χ0n) is 18.4. The van der Waals surface area contributed by atoms with Gasteiger partial charge in [0.1, 0.15) is 0 Å². The highest BCUT2D eigenvalue weighted by Crippen LogP contribution is 2.41. The third kappa shape index (κ3) is 4.71. The molecule has 9 nitrogen and oxygen atoms in total. The summed E-state index contributed by atoms with van der Waals surface area (Å²) in [5.41, 5.74) is 2.03. The normalized spacial score (nSPS) is 16.1. The van der Waals surface area contributed by atoms with Gasteiger partial charge in [-0.1, -0.05) is 0 Å². The number of hydrogen-bond acceptors (Lipinski definition) is 7. The first-order chi connectivity index (χ1) is 15.2. The molecule has 0 aliphatic carbocycles. The van der Waals surface area contributed by atoms with Crippen LogP contribution in [-0.4, -0.2) is 52.5 Å². The Morgan fingerprint density at radius 3 is 2.25 bits per heavy atom. The summed E-state index contributed by atoms with van der Waals surface area (Å²) in [7, 11) is 0.338. The number of carbonyl (C=O) groups is 2. The van der Waals surface area contributed by atoms with Gasteiger partial charge in [0.15, 0.2) is 11.5 Å². The van der Waals surface area contributed by atoms with Crippen LogP contribution in [0.4, 0.5) is 5.69 Å². The van der Waals surface area contributed by atoms with Gasteiger partial charge in [-0.25, -0.2) is 8.42 Å². The van der Waals surface area contributed by atoms with Gasteiger partial charge in [0.2, 0.25) is 15.9 Å². The number of hydrogen-bond donors (Lipinski definition) is 1. The van der Waals surface area contributed by atoms with Crippen LogP contribution in [0.25, 0.3) is 0 Å². The molecule has 172 valence electrons. The summed E-state index contributed by atoms with van der Waals surface area (Å²) in [6.45, 7) is 1.55. The van der Waals surface area contributed by atoms with E-state index in [4.69, 9.17) is 14.2 Å². The van der Waals surface area contributed by atoms with E-state index < -0.39 is 22.0 Å². The third-order valence-corrected chi connectivity index (χ3v) is 7.24. The van der Waals surface area contributed by atoms with Crippen molar-refractivity contribution in [3.8, 4) is 11.5 Å². The first kappa shape index (κ1) is 23.6. The number of fused-ring (bicyclic) bond motifs is 1. The second-order valence-corrected chi connectivity index (χ2v) is 9.16. The number of anilines is 1. The van der Waals surface area contributed by atoms with E-state index in [1.165, 1.54) is 56.8 Å². The minimum Gasteiger partial charge on any atom is -0.493 e. The quantitative estimate of drug-likeness (QED) is 0.630. The number of amides is 1. The average Bonchev–Trinajstić information content (AvgIpc) is 2.77. The Kier molecular flexibility index (Phi) is 7.05. The Labute approximate surface area is 187 Å². The molecule has 0 saturated carbocycles. The number of ether oxygens (including phenoxy) is 3. The molecule has 1 N–H and O–H groups in total. The van der Waals surface area contributed by atoms with Crippen molar-refractivity contribution in [3.05, 3.63) is 47.5 Å². The molecular formula is C22H26N2O7S. The highest BCUT2D eigenvalue weighted by Gasteiger charge is 2.38. The lowest BCUT2D eigenvalue weighted by atomic mass is 9.91. The molecule has 1 aliphatic heterocycles. The third-order valence-electron chi connectivity index (χ3n) is 5.32. The Hall–Kier alpha value is -3.11. The molecule has 1 unspecified atom stereocenters. The smallest absolute Gasteiger partial charge is 0.307 e. The largest absolute Gasteiger partial charge is 0.493 e. The lowest BCUT2D eigenvalue weighted by Crippen LogP contribution is -2.41. The summed E-state index contributed by atoms with van der Waals surface area (Å²) >= 11 is 0. The van der Waals surface area contributed by atoms with Gasteiger partial charge in [-0.05, 0) is 53.9 Å². The molecule has 1 amide bonds. The highest BCUT2D eigenvalue weighted by atomic mass is 32.2. The molecule has 0 saturated heterocycles. The fourth-order valence-corrected chi connectivity index (χ4v) is 5.40. The maximum atomic E-state index is 13.5. The van der Waals surface area contributed by atoms with Crippen molar-refractivity contribution in [1.82, 2.24) is 4.31 Å². The van der Waals surface area contributed by atoms with Crippen LogP contribution in [0, 0.1) is 0 Å². The molecule has 1 atom stereocenters. The van der Waals surface area contributed by atoms with Gasteiger partial charge in [0, 0.05) is 19.2 Å². The first-order valence-electron chi connectivity index (χ1n) is 9.92. The van der Waals surface area contributed by atoms with Crippen LogP contribution in [-0.2, 0) is 30.8 Å². The molecule has 1 heterocycles. The fourth-order valence-electron chi connectivity index (χ4n) is 3.79. The molecule has 0 aromatic heterocycles. The number of nitrogens with one attached hydrogen (secondary N) is 1. The molecule has 10 heteroatoms. The summed E-state index contributed by atoms with van der Waals surface area (Å²) in [5.74, 6) is 0.197. The Bertz CT molecular complexity index is 1110. The van der Waals surface area contributed by atoms with E-state index in [-0.39, 0.29) is 23.8 Å². The van der Waals surface area contributed by atoms with E-state index in [9.17, 15) is 18.0 Å². The standard InChI is InChI=1S/C22H26N2O7S/c1-14(25)23-16-5-7-17(8-6-16)32(27,28)24-10-9-15-11-20(29-2)21(30-3)12-18(15)19(24)13-22(26)31-4/h5-8,11-12,19H,9-10,13H2,1-4H3,(H,23,25). The van der Waals surface area contributed by atoms with Gasteiger partial charge in [-0.2, -0.15) is 4.31 Å². The van der Waals surface area contributed by atoms with Gasteiger partial charge in [-0.3, -0.25) is 9.59 Å². The number of benzene rings is 2. The van der Waals surface area contributed by atoms with Crippen molar-refractivity contribution in [1.29, 1.82) is 0 Å². The zero-order chi connectivity index (χ0) is 23.5. The van der Waals surface area contributed by atoms with Crippen LogP contribution in [0.3, 0.4) is 0 Å². The molecule has 2 aromatic carbocycles. The minimum atomic E-state index is -3.95. The molecule has 0 spiro atoms. The Balaban J connectivity index is 2.04. The van der Waals surface area contributed by atoms with E-state index in [0.29, 0.717) is 29.2 Å². The van der Waals surface area contributed by atoms with Crippen LogP contribution in [0.2, 0.25) is 0 Å². The molecule has 0 bridgehead atoms. The van der Waals surface area contributed by atoms with Crippen LogP contribution in [0.1, 0.15) is 30.5 Å². The summed E-state index contributed by atoms with van der Waals surface area (Å²) < 4.78 is 43.9. The van der Waals surface area contributed by atoms with Crippen molar-refractivity contribution in [2.75, 3.05) is 33.2 Å². The fraction of sp³-hybridized carbons (Fsp3) is 0.364. The van der Waals surface area contributed by atoms with Crippen LogP contribution < -0.4 is 14.8 Å². The number of methoxy groups -OCH3 is 3. The average molecular weight is 463 g/mol. The Morgan fingerprint density at radius 2 is 1.69 bits per heavy atom. The second-order valence-electron chi connectivity index (χ2n) is 7.27. The van der Waals surface area contributed by atoms with Crippen LogP contribution >= 0.6 is 0 Å². The molecule has 3 rings (SSSR count). The molecular weight excluding hydrogens is 436 g/mol. The SMILES string of the molecule is COC(=O)CC1c2cc(OC)c(OC)cc2CCN1S(=O)(=O)c1ccc(NC(C)=O)cc1. The van der Waals surface area contributed by atoms with E-state index in [1.54, 1.807) is 6.07 Å². The molecule has 32 heavy (non-hydrogen) atoms. The lowest BCUT2D eigenvalue weighted by molar-refractivity contribution is -0.141. The van der Waals surface area contributed by atoms with Crippen LogP contribution in [0.15, 0.2) is 41.3 Å². The summed E-state index contributed by atoms with van der Waals surface area (Å²) in [6, 6.07) is 8.66. The van der Waals surface area contributed by atoms with Gasteiger partial charge < -0.3 is 19.5 Å². The van der Waals surface area contributed by atoms with Gasteiger partial charge >= 0.3 is 5.97 Å². The molecule has 0 fully saturated rings. The Morgan fingerprint density at radius 1 is 1.06 bits per heavy atom. The van der Waals surface area contributed by atoms with Crippen molar-refractivity contribution in [2.45, 2.75) is 30.7 Å². The number of carbonyl (C=O) groups excluding carboxylic acids is 2. The van der Waals surface area contributed by atoms with Crippen LogP contribution in [0.5, 0.6) is 11.5 Å². The van der Waals surface area contributed by atoms with Crippen molar-refractivity contribution in [2.24, 2.45) is 0 Å². The van der Waals surface area contributed by atoms with Crippen molar-refractivity contribution >= 4 is 27.6 Å². The van der Waals surface area contributed by atoms with E-state index in [0.717, 1.165) is 5.56 Å². The minimum absolute atomic E-state index is 0.0606. The maximum Gasteiger partial charge on any atom is 0.307 e. The number of rotatable bonds is 7. The first-order valence-corrected chi connectivity index (χ1v) is 11.4. The van der Waals surface area contributed by atoms with Gasteiger partial charge in [0.05, 0.1) is 38.7 Å². The molecule has 1 aliphatic rings. The summed E-state index contributed by atoms with van der Waals surface area (Å²) in [4.78, 5) is 23.5. The van der Waals surface area contributed by atoms with E-state index >= 15 is 0 Å². The topological polar surface area (TPSA) is 111 Å². The van der Waals surface area contributed by atoms with E-state index in [2.05, 4.69) is 5.32 Å². The summed E-state index contributed by atoms with van der Waals surface area (Å²) in [6.07, 6.45) is 0.290. The van der Waals surface area contributed by atoms with E-state index in [1.807, 2.05) is 6.07 Å². The maximum absolute atomic E-state index is 13.5. The predicted molar refractivity (Wildman–Crippen MR) is 117 cm³/mol. The van der Waals surface area contributed by atoms with Crippen molar-refractivity contribution < 1.29 is 32.2 Å². The number of sulfonamides is 1. The monoisotopic (exact) mass is 462 g/mol.